The van der Waals surface area contributed by atoms with E-state index in [4.69, 9.17) is 5.11 Å². The molecule has 0 atom stereocenters. The third kappa shape index (κ3) is 2.10. The van der Waals surface area contributed by atoms with E-state index in [1.807, 2.05) is 31.2 Å². The topological polar surface area (TPSA) is 54.6 Å². The summed E-state index contributed by atoms with van der Waals surface area (Å²) in [6, 6.07) is 11.3. The van der Waals surface area contributed by atoms with Crippen molar-refractivity contribution < 1.29 is 9.90 Å². The van der Waals surface area contributed by atoms with Gasteiger partial charge in [-0.3, -0.25) is 0 Å². The lowest BCUT2D eigenvalue weighted by molar-refractivity contribution is 0.0696. The first-order valence-electron chi connectivity index (χ1n) is 6.04. The van der Waals surface area contributed by atoms with Crippen LogP contribution in [0.5, 0.6) is 0 Å². The van der Waals surface area contributed by atoms with Gasteiger partial charge in [0.1, 0.15) is 5.82 Å². The summed E-state index contributed by atoms with van der Waals surface area (Å²) >= 11 is 3.45. The van der Waals surface area contributed by atoms with Gasteiger partial charge in [-0.25, -0.2) is 9.78 Å². The number of carbonyl (C=O) groups is 1. The molecular formula is C15H11BrN2O2. The number of hydrogen-bond donors (Lipinski definition) is 1. The maximum absolute atomic E-state index is 11.0. The molecule has 0 amide bonds. The SMILES string of the molecule is Cc1nc(-c2cccc(Br)c2)c2ccc(C(=O)O)cn12. The van der Waals surface area contributed by atoms with Crippen LogP contribution in [0.1, 0.15) is 16.2 Å². The summed E-state index contributed by atoms with van der Waals surface area (Å²) in [5.74, 6) is -0.179. The highest BCUT2D eigenvalue weighted by Crippen LogP contribution is 2.27. The normalized spacial score (nSPS) is 10.9. The number of aromatic carboxylic acids is 1. The Morgan fingerprint density at radius 3 is 2.80 bits per heavy atom. The van der Waals surface area contributed by atoms with Crippen molar-refractivity contribution in [2.24, 2.45) is 0 Å². The van der Waals surface area contributed by atoms with Crippen LogP contribution in [0.15, 0.2) is 47.1 Å². The average molecular weight is 331 g/mol. The number of hydrogen-bond acceptors (Lipinski definition) is 2. The smallest absolute Gasteiger partial charge is 0.337 e. The Morgan fingerprint density at radius 1 is 1.30 bits per heavy atom. The second kappa shape index (κ2) is 4.76. The van der Waals surface area contributed by atoms with E-state index in [9.17, 15) is 4.79 Å². The largest absolute Gasteiger partial charge is 0.478 e. The molecule has 2 heterocycles. The zero-order valence-corrected chi connectivity index (χ0v) is 12.3. The van der Waals surface area contributed by atoms with Crippen LogP contribution < -0.4 is 0 Å². The number of fused-ring (bicyclic) bond motifs is 1. The molecule has 3 rings (SSSR count). The molecule has 100 valence electrons. The molecule has 4 nitrogen and oxygen atoms in total. The molecule has 0 aliphatic carbocycles. The van der Waals surface area contributed by atoms with E-state index in [1.165, 1.54) is 0 Å². The molecule has 3 aromatic rings. The van der Waals surface area contributed by atoms with E-state index in [0.717, 1.165) is 27.1 Å². The van der Waals surface area contributed by atoms with Gasteiger partial charge >= 0.3 is 5.97 Å². The lowest BCUT2D eigenvalue weighted by Gasteiger charge is -2.01. The van der Waals surface area contributed by atoms with Crippen molar-refractivity contribution in [1.82, 2.24) is 9.38 Å². The summed E-state index contributed by atoms with van der Waals surface area (Å²) in [7, 11) is 0. The van der Waals surface area contributed by atoms with E-state index < -0.39 is 5.97 Å². The standard InChI is InChI=1S/C15H11BrN2O2/c1-9-17-14(10-3-2-4-12(16)7-10)13-6-5-11(15(19)20)8-18(9)13/h2-8H,1H3,(H,19,20). The van der Waals surface area contributed by atoms with Crippen molar-refractivity contribution in [2.75, 3.05) is 0 Å². The summed E-state index contributed by atoms with van der Waals surface area (Å²) in [4.78, 5) is 15.6. The highest BCUT2D eigenvalue weighted by atomic mass is 79.9. The summed E-state index contributed by atoms with van der Waals surface area (Å²) in [6.45, 7) is 1.86. The minimum Gasteiger partial charge on any atom is -0.478 e. The second-order valence-corrected chi connectivity index (χ2v) is 5.41. The lowest BCUT2D eigenvalue weighted by Crippen LogP contribution is -1.99. The predicted octanol–water partition coefficient (Wildman–Crippen LogP) is 3.77. The average Bonchev–Trinajstić information content (AvgIpc) is 2.76. The number of halogens is 1. The Hall–Kier alpha value is -2.14. The van der Waals surface area contributed by atoms with Crippen LogP contribution in [-0.2, 0) is 0 Å². The van der Waals surface area contributed by atoms with Gasteiger partial charge in [0.05, 0.1) is 16.8 Å². The van der Waals surface area contributed by atoms with E-state index in [-0.39, 0.29) is 5.56 Å². The van der Waals surface area contributed by atoms with Gasteiger partial charge in [-0.1, -0.05) is 28.1 Å². The summed E-state index contributed by atoms with van der Waals surface area (Å²) in [6.07, 6.45) is 1.60. The van der Waals surface area contributed by atoms with Crippen LogP contribution in [0.25, 0.3) is 16.8 Å². The molecule has 5 heteroatoms. The van der Waals surface area contributed by atoms with E-state index in [2.05, 4.69) is 20.9 Å². The Bertz CT molecular complexity index is 824. The third-order valence-electron chi connectivity index (χ3n) is 3.16. The number of imidazole rings is 1. The number of aromatic nitrogens is 2. The first-order chi connectivity index (χ1) is 9.56. The Balaban J connectivity index is 2.25. The van der Waals surface area contributed by atoms with Gasteiger partial charge in [-0.2, -0.15) is 0 Å². The number of rotatable bonds is 2. The minimum atomic E-state index is -0.941. The van der Waals surface area contributed by atoms with Crippen LogP contribution in [-0.4, -0.2) is 20.5 Å². The molecule has 0 unspecified atom stereocenters. The molecule has 0 aliphatic rings. The second-order valence-electron chi connectivity index (χ2n) is 4.50. The number of aryl methyl sites for hydroxylation is 1. The van der Waals surface area contributed by atoms with Crippen molar-refractivity contribution in [2.45, 2.75) is 6.92 Å². The van der Waals surface area contributed by atoms with Gasteiger partial charge in [-0.05, 0) is 31.2 Å². The van der Waals surface area contributed by atoms with Gasteiger partial charge in [0.15, 0.2) is 0 Å². The van der Waals surface area contributed by atoms with Crippen LogP contribution >= 0.6 is 15.9 Å². The van der Waals surface area contributed by atoms with Crippen molar-refractivity contribution in [3.8, 4) is 11.3 Å². The maximum atomic E-state index is 11.0. The molecule has 0 bridgehead atoms. The lowest BCUT2D eigenvalue weighted by atomic mass is 10.1. The van der Waals surface area contributed by atoms with Crippen LogP contribution in [0, 0.1) is 6.92 Å². The number of nitrogens with zero attached hydrogens (tertiary/aromatic N) is 2. The van der Waals surface area contributed by atoms with E-state index in [0.29, 0.717) is 0 Å². The van der Waals surface area contributed by atoms with Crippen LogP contribution in [0.2, 0.25) is 0 Å². The molecule has 20 heavy (non-hydrogen) atoms. The van der Waals surface area contributed by atoms with Gasteiger partial charge in [-0.15, -0.1) is 0 Å². The molecule has 0 fully saturated rings. The monoisotopic (exact) mass is 330 g/mol. The number of pyridine rings is 1. The fourth-order valence-corrected chi connectivity index (χ4v) is 2.61. The Kier molecular flexibility index (Phi) is 3.06. The first-order valence-corrected chi connectivity index (χ1v) is 6.83. The van der Waals surface area contributed by atoms with Crippen molar-refractivity contribution in [1.29, 1.82) is 0 Å². The molecule has 0 saturated heterocycles. The van der Waals surface area contributed by atoms with E-state index in [1.54, 1.807) is 22.7 Å². The summed E-state index contributed by atoms with van der Waals surface area (Å²) in [5, 5.41) is 9.06. The first kappa shape index (κ1) is 12.9. The molecule has 2 aromatic heterocycles. The highest BCUT2D eigenvalue weighted by Gasteiger charge is 2.12. The van der Waals surface area contributed by atoms with Gasteiger partial charge < -0.3 is 9.51 Å². The zero-order chi connectivity index (χ0) is 14.3. The molecule has 0 radical (unpaired) electrons. The van der Waals surface area contributed by atoms with Crippen LogP contribution in [0.3, 0.4) is 0 Å². The number of carboxylic acids is 1. The van der Waals surface area contributed by atoms with Gasteiger partial charge in [0.25, 0.3) is 0 Å². The minimum absolute atomic E-state index is 0.249. The Morgan fingerprint density at radius 2 is 2.10 bits per heavy atom. The van der Waals surface area contributed by atoms with Gasteiger partial charge in [0, 0.05) is 16.2 Å². The zero-order valence-electron chi connectivity index (χ0n) is 10.7. The molecule has 1 N–H and O–H groups in total. The number of carboxylic acid groups (broad SMARTS) is 1. The maximum Gasteiger partial charge on any atom is 0.337 e. The summed E-state index contributed by atoms with van der Waals surface area (Å²) in [5.41, 5.74) is 2.98. The molecule has 0 spiro atoms. The van der Waals surface area contributed by atoms with Crippen LogP contribution in [0.4, 0.5) is 0 Å². The van der Waals surface area contributed by atoms with Crippen molar-refractivity contribution >= 4 is 27.4 Å². The highest BCUT2D eigenvalue weighted by molar-refractivity contribution is 9.10. The quantitative estimate of drug-likeness (QED) is 0.778. The molecule has 0 saturated carbocycles. The van der Waals surface area contributed by atoms with E-state index >= 15 is 0 Å². The fourth-order valence-electron chi connectivity index (χ4n) is 2.21. The Labute approximate surface area is 123 Å². The summed E-state index contributed by atoms with van der Waals surface area (Å²) < 4.78 is 2.79. The van der Waals surface area contributed by atoms with Gasteiger partial charge in [0.2, 0.25) is 0 Å². The third-order valence-corrected chi connectivity index (χ3v) is 3.65. The molecule has 0 aliphatic heterocycles. The molecular weight excluding hydrogens is 320 g/mol. The predicted molar refractivity (Wildman–Crippen MR) is 80.0 cm³/mol. The number of benzene rings is 1. The fraction of sp³-hybridized carbons (Fsp3) is 0.0667. The molecule has 1 aromatic carbocycles. The van der Waals surface area contributed by atoms with Crippen molar-refractivity contribution in [3.63, 3.8) is 0 Å². The van der Waals surface area contributed by atoms with Crippen molar-refractivity contribution in [3.05, 3.63) is 58.5 Å².